The minimum atomic E-state index is -0.786. The van der Waals surface area contributed by atoms with Crippen LogP contribution in [-0.4, -0.2) is 48.6 Å². The molecule has 2 aromatic carbocycles. The summed E-state index contributed by atoms with van der Waals surface area (Å²) >= 11 is 11.9. The lowest BCUT2D eigenvalue weighted by molar-refractivity contribution is 0.0698. The summed E-state index contributed by atoms with van der Waals surface area (Å²) in [6.45, 7) is 2.95. The molecule has 9 heteroatoms. The van der Waals surface area contributed by atoms with Crippen LogP contribution in [-0.2, 0) is 4.74 Å². The van der Waals surface area contributed by atoms with E-state index in [0.717, 1.165) is 0 Å². The van der Waals surface area contributed by atoms with E-state index in [4.69, 9.17) is 32.7 Å². The highest BCUT2D eigenvalue weighted by Crippen LogP contribution is 2.23. The number of ether oxygens (including phenoxy) is 2. The standard InChI is InChI=1S/C22H22Cl2N2O5/c1-2-30-22(29)31-17-6-3-14(4-7-17)21(28)26-11-9-16(10-12-26)25-20(27)15-5-8-18(23)19(24)13-15/h3-8,13,16H,2,9-12H2,1H3,(H,25,27). The lowest BCUT2D eigenvalue weighted by Crippen LogP contribution is -2.46. The van der Waals surface area contributed by atoms with E-state index in [1.165, 1.54) is 6.07 Å². The van der Waals surface area contributed by atoms with Crippen LogP contribution in [0.4, 0.5) is 4.79 Å². The summed E-state index contributed by atoms with van der Waals surface area (Å²) in [5.74, 6) is -0.0313. The summed E-state index contributed by atoms with van der Waals surface area (Å²) in [5, 5.41) is 3.70. The highest BCUT2D eigenvalue weighted by Gasteiger charge is 2.25. The van der Waals surface area contributed by atoms with Crippen molar-refractivity contribution in [1.82, 2.24) is 10.2 Å². The van der Waals surface area contributed by atoms with Crippen LogP contribution in [0.5, 0.6) is 5.75 Å². The SMILES string of the molecule is CCOC(=O)Oc1ccc(C(=O)N2CCC(NC(=O)c3ccc(Cl)c(Cl)c3)CC2)cc1. The van der Waals surface area contributed by atoms with E-state index in [-0.39, 0.29) is 24.5 Å². The van der Waals surface area contributed by atoms with E-state index in [1.807, 2.05) is 0 Å². The van der Waals surface area contributed by atoms with Gasteiger partial charge in [0.1, 0.15) is 5.75 Å². The monoisotopic (exact) mass is 464 g/mol. The smallest absolute Gasteiger partial charge is 0.434 e. The zero-order valence-corrected chi connectivity index (χ0v) is 18.4. The Hall–Kier alpha value is -2.77. The lowest BCUT2D eigenvalue weighted by atomic mass is 10.0. The number of nitrogens with one attached hydrogen (secondary N) is 1. The minimum Gasteiger partial charge on any atom is -0.434 e. The molecule has 31 heavy (non-hydrogen) atoms. The van der Waals surface area contributed by atoms with Gasteiger partial charge in [0.05, 0.1) is 16.7 Å². The Morgan fingerprint density at radius 3 is 2.26 bits per heavy atom. The normalized spacial score (nSPS) is 14.1. The van der Waals surface area contributed by atoms with Crippen LogP contribution in [0.3, 0.4) is 0 Å². The first-order chi connectivity index (χ1) is 14.9. The Bertz CT molecular complexity index is 957. The fraction of sp³-hybridized carbons (Fsp3) is 0.318. The summed E-state index contributed by atoms with van der Waals surface area (Å²) < 4.78 is 9.71. The van der Waals surface area contributed by atoms with Gasteiger partial charge in [-0.05, 0) is 62.2 Å². The van der Waals surface area contributed by atoms with Gasteiger partial charge in [-0.3, -0.25) is 9.59 Å². The van der Waals surface area contributed by atoms with Crippen LogP contribution in [0.2, 0.25) is 10.0 Å². The van der Waals surface area contributed by atoms with Crippen molar-refractivity contribution in [3.05, 3.63) is 63.6 Å². The van der Waals surface area contributed by atoms with Gasteiger partial charge in [-0.25, -0.2) is 4.79 Å². The van der Waals surface area contributed by atoms with Gasteiger partial charge in [0, 0.05) is 30.3 Å². The molecule has 1 fully saturated rings. The van der Waals surface area contributed by atoms with Gasteiger partial charge < -0.3 is 19.7 Å². The number of piperidine rings is 1. The van der Waals surface area contributed by atoms with E-state index < -0.39 is 6.16 Å². The average molecular weight is 465 g/mol. The van der Waals surface area contributed by atoms with Crippen molar-refractivity contribution in [2.75, 3.05) is 19.7 Å². The highest BCUT2D eigenvalue weighted by atomic mass is 35.5. The quantitative estimate of drug-likeness (QED) is 0.517. The van der Waals surface area contributed by atoms with Crippen LogP contribution >= 0.6 is 23.2 Å². The second-order valence-electron chi connectivity index (χ2n) is 6.98. The molecule has 0 atom stereocenters. The zero-order chi connectivity index (χ0) is 22.4. The first kappa shape index (κ1) is 22.9. The maximum Gasteiger partial charge on any atom is 0.513 e. The molecule has 0 bridgehead atoms. The first-order valence-corrected chi connectivity index (χ1v) is 10.6. The molecule has 0 aromatic heterocycles. The molecule has 0 aliphatic carbocycles. The van der Waals surface area contributed by atoms with Gasteiger partial charge in [0.15, 0.2) is 0 Å². The highest BCUT2D eigenvalue weighted by molar-refractivity contribution is 6.42. The summed E-state index contributed by atoms with van der Waals surface area (Å²) in [7, 11) is 0. The van der Waals surface area contributed by atoms with Gasteiger partial charge in [-0.2, -0.15) is 0 Å². The number of amides is 2. The second kappa shape index (κ2) is 10.5. The van der Waals surface area contributed by atoms with E-state index in [2.05, 4.69) is 5.32 Å². The maximum atomic E-state index is 12.7. The Morgan fingerprint density at radius 2 is 1.65 bits per heavy atom. The van der Waals surface area contributed by atoms with Crippen LogP contribution in [0.25, 0.3) is 0 Å². The predicted octanol–water partition coefficient (Wildman–Crippen LogP) is 4.56. The van der Waals surface area contributed by atoms with Crippen LogP contribution < -0.4 is 10.1 Å². The molecule has 0 saturated carbocycles. The second-order valence-corrected chi connectivity index (χ2v) is 7.79. The molecular formula is C22H22Cl2N2O5. The van der Waals surface area contributed by atoms with Gasteiger partial charge in [-0.1, -0.05) is 23.2 Å². The number of carbonyl (C=O) groups excluding carboxylic acids is 3. The molecule has 1 aliphatic rings. The van der Waals surface area contributed by atoms with E-state index in [9.17, 15) is 14.4 Å². The summed E-state index contributed by atoms with van der Waals surface area (Å²) in [6, 6.07) is 11.0. The van der Waals surface area contributed by atoms with Gasteiger partial charge in [0.25, 0.3) is 11.8 Å². The molecule has 7 nitrogen and oxygen atoms in total. The first-order valence-electron chi connectivity index (χ1n) is 9.87. The van der Waals surface area contributed by atoms with Crippen LogP contribution in [0, 0.1) is 0 Å². The number of benzene rings is 2. The van der Waals surface area contributed by atoms with Gasteiger partial charge >= 0.3 is 6.16 Å². The van der Waals surface area contributed by atoms with Crippen LogP contribution in [0.1, 0.15) is 40.5 Å². The molecule has 3 rings (SSSR count). The van der Waals surface area contributed by atoms with E-state index in [1.54, 1.807) is 48.2 Å². The molecule has 164 valence electrons. The fourth-order valence-corrected chi connectivity index (χ4v) is 3.52. The number of rotatable bonds is 5. The Morgan fingerprint density at radius 1 is 1.00 bits per heavy atom. The summed E-state index contributed by atoms with van der Waals surface area (Å²) in [4.78, 5) is 38.2. The van der Waals surface area contributed by atoms with E-state index >= 15 is 0 Å². The van der Waals surface area contributed by atoms with E-state index in [0.29, 0.717) is 52.9 Å². The number of hydrogen-bond acceptors (Lipinski definition) is 5. The molecule has 1 heterocycles. The zero-order valence-electron chi connectivity index (χ0n) is 16.9. The number of nitrogens with zero attached hydrogens (tertiary/aromatic N) is 1. The molecule has 0 radical (unpaired) electrons. The van der Waals surface area contributed by atoms with Crippen molar-refractivity contribution in [3.8, 4) is 5.75 Å². The van der Waals surface area contributed by atoms with Gasteiger partial charge in [0.2, 0.25) is 0 Å². The van der Waals surface area contributed by atoms with Crippen molar-refractivity contribution in [3.63, 3.8) is 0 Å². The van der Waals surface area contributed by atoms with Crippen molar-refractivity contribution in [2.45, 2.75) is 25.8 Å². The average Bonchev–Trinajstić information content (AvgIpc) is 2.76. The molecule has 0 unspecified atom stereocenters. The lowest BCUT2D eigenvalue weighted by Gasteiger charge is -2.32. The molecule has 2 aromatic rings. The number of likely N-dealkylation sites (tertiary alicyclic amines) is 1. The molecule has 2 amide bonds. The molecule has 1 N–H and O–H groups in total. The molecular weight excluding hydrogens is 443 g/mol. The summed E-state index contributed by atoms with van der Waals surface area (Å²) in [6.07, 6.45) is 0.498. The van der Waals surface area contributed by atoms with Crippen LogP contribution in [0.15, 0.2) is 42.5 Å². The maximum absolute atomic E-state index is 12.7. The fourth-order valence-electron chi connectivity index (χ4n) is 3.22. The molecule has 1 aliphatic heterocycles. The van der Waals surface area contributed by atoms with Gasteiger partial charge in [-0.15, -0.1) is 0 Å². The summed E-state index contributed by atoms with van der Waals surface area (Å²) in [5.41, 5.74) is 0.938. The minimum absolute atomic E-state index is 0.0358. The van der Waals surface area contributed by atoms with Crippen molar-refractivity contribution in [2.24, 2.45) is 0 Å². The third kappa shape index (κ3) is 6.12. The van der Waals surface area contributed by atoms with Crippen molar-refractivity contribution < 1.29 is 23.9 Å². The molecule has 0 spiro atoms. The number of hydrogen-bond donors (Lipinski definition) is 1. The third-order valence-corrected chi connectivity index (χ3v) is 5.60. The number of carbonyl (C=O) groups is 3. The van der Waals surface area contributed by atoms with Crippen molar-refractivity contribution >= 4 is 41.2 Å². The Balaban J connectivity index is 1.50. The van der Waals surface area contributed by atoms with Crippen molar-refractivity contribution in [1.29, 1.82) is 0 Å². The topological polar surface area (TPSA) is 84.9 Å². The Labute approximate surface area is 190 Å². The molecule has 1 saturated heterocycles. The number of halogens is 2. The predicted molar refractivity (Wildman–Crippen MR) is 117 cm³/mol. The third-order valence-electron chi connectivity index (χ3n) is 4.86. The largest absolute Gasteiger partial charge is 0.513 e. The Kier molecular flexibility index (Phi) is 7.76.